The molecule has 2 amide bonds. The minimum Gasteiger partial charge on any atom is -0.497 e. The fourth-order valence-electron chi connectivity index (χ4n) is 3.69. The molecule has 168 valence electrons. The third kappa shape index (κ3) is 4.86. The number of carbonyl (C=O) groups is 2. The monoisotopic (exact) mass is 462 g/mol. The third-order valence-electron chi connectivity index (χ3n) is 5.39. The maximum absolute atomic E-state index is 13.4. The number of anilines is 1. The molecule has 0 radical (unpaired) electrons. The van der Waals surface area contributed by atoms with E-state index in [4.69, 9.17) is 21.1 Å². The Morgan fingerprint density at radius 1 is 0.848 bits per heavy atom. The maximum atomic E-state index is 13.4. The number of nitrogens with one attached hydrogen (secondary N) is 1. The maximum Gasteiger partial charge on any atom is 0.278 e. The number of hydrogen-bond acceptors (Lipinski definition) is 5. The Kier molecular flexibility index (Phi) is 6.66. The van der Waals surface area contributed by atoms with Crippen LogP contribution in [0.3, 0.4) is 0 Å². The van der Waals surface area contributed by atoms with E-state index >= 15 is 0 Å². The minimum absolute atomic E-state index is 0.200. The number of carbonyl (C=O) groups excluding carboxylic acids is 2. The number of benzene rings is 3. The van der Waals surface area contributed by atoms with E-state index in [1.165, 1.54) is 4.90 Å². The summed E-state index contributed by atoms with van der Waals surface area (Å²) >= 11 is 6.04. The molecule has 3 aromatic carbocycles. The Morgan fingerprint density at radius 3 is 2.09 bits per heavy atom. The summed E-state index contributed by atoms with van der Waals surface area (Å²) < 4.78 is 10.7. The Morgan fingerprint density at radius 2 is 1.48 bits per heavy atom. The van der Waals surface area contributed by atoms with Gasteiger partial charge in [0.1, 0.15) is 17.2 Å². The molecule has 3 aromatic rings. The fourth-order valence-corrected chi connectivity index (χ4v) is 3.81. The molecule has 1 aliphatic heterocycles. The van der Waals surface area contributed by atoms with Gasteiger partial charge in [-0.3, -0.25) is 14.5 Å². The van der Waals surface area contributed by atoms with E-state index in [0.717, 1.165) is 5.56 Å². The minimum atomic E-state index is -0.386. The molecule has 0 aromatic heterocycles. The van der Waals surface area contributed by atoms with Crippen LogP contribution in [0, 0.1) is 0 Å². The van der Waals surface area contributed by atoms with Crippen LogP contribution in [0.2, 0.25) is 5.02 Å². The first-order chi connectivity index (χ1) is 16.0. The zero-order chi connectivity index (χ0) is 23.4. The van der Waals surface area contributed by atoms with E-state index in [1.54, 1.807) is 56.7 Å². The number of halogens is 1. The van der Waals surface area contributed by atoms with Crippen LogP contribution >= 0.6 is 11.6 Å². The highest BCUT2D eigenvalue weighted by atomic mass is 35.5. The average Bonchev–Trinajstić information content (AvgIpc) is 3.07. The van der Waals surface area contributed by atoms with Gasteiger partial charge in [0.05, 0.1) is 19.8 Å². The second kappa shape index (κ2) is 9.79. The van der Waals surface area contributed by atoms with Gasteiger partial charge in [-0.25, -0.2) is 0 Å². The first-order valence-electron chi connectivity index (χ1n) is 10.4. The zero-order valence-corrected chi connectivity index (χ0v) is 19.1. The highest BCUT2D eigenvalue weighted by molar-refractivity contribution is 6.37. The van der Waals surface area contributed by atoms with Gasteiger partial charge in [-0.05, 0) is 29.7 Å². The number of nitrogens with zero attached hydrogens (tertiary/aromatic N) is 1. The molecule has 4 rings (SSSR count). The lowest BCUT2D eigenvalue weighted by atomic mass is 10.0. The lowest BCUT2D eigenvalue weighted by Crippen LogP contribution is -2.34. The van der Waals surface area contributed by atoms with Crippen LogP contribution in [0.15, 0.2) is 78.5 Å². The highest BCUT2D eigenvalue weighted by Crippen LogP contribution is 2.33. The topological polar surface area (TPSA) is 67.9 Å². The van der Waals surface area contributed by atoms with Crippen LogP contribution < -0.4 is 14.8 Å². The molecule has 0 fully saturated rings. The van der Waals surface area contributed by atoms with Gasteiger partial charge in [0.15, 0.2) is 0 Å². The summed E-state index contributed by atoms with van der Waals surface area (Å²) in [6.45, 7) is 0.269. The molecule has 0 spiro atoms. The molecule has 0 unspecified atom stereocenters. The van der Waals surface area contributed by atoms with E-state index in [2.05, 4.69) is 5.32 Å². The standard InChI is InChI=1S/C26H23ClN2O4/c1-32-21-14-20(15-22(16-21)33-2)28-24-23(18-8-10-19(27)11-9-18)25(30)29(26(24)31)13-12-17-6-4-3-5-7-17/h3-11,14-16,28H,12-13H2,1-2H3. The van der Waals surface area contributed by atoms with E-state index in [1.807, 2.05) is 30.3 Å². The van der Waals surface area contributed by atoms with Crippen LogP contribution in [0.5, 0.6) is 11.5 Å². The summed E-state index contributed by atoms with van der Waals surface area (Å²) in [6.07, 6.45) is 0.562. The predicted octanol–water partition coefficient (Wildman–Crippen LogP) is 4.79. The number of hydrogen-bond donors (Lipinski definition) is 1. The van der Waals surface area contributed by atoms with Crippen LogP contribution in [-0.4, -0.2) is 37.5 Å². The van der Waals surface area contributed by atoms with E-state index < -0.39 is 0 Å². The number of methoxy groups -OCH3 is 2. The van der Waals surface area contributed by atoms with Gasteiger partial charge in [-0.1, -0.05) is 54.1 Å². The largest absolute Gasteiger partial charge is 0.497 e. The molecule has 0 bridgehead atoms. The summed E-state index contributed by atoms with van der Waals surface area (Å²) in [5.74, 6) is 0.379. The van der Waals surface area contributed by atoms with Gasteiger partial charge in [0.25, 0.3) is 11.8 Å². The molecular formula is C26H23ClN2O4. The van der Waals surface area contributed by atoms with Gasteiger partial charge < -0.3 is 14.8 Å². The Hall–Kier alpha value is -3.77. The van der Waals surface area contributed by atoms with Gasteiger partial charge >= 0.3 is 0 Å². The first-order valence-corrected chi connectivity index (χ1v) is 10.8. The molecule has 1 heterocycles. The summed E-state index contributed by atoms with van der Waals surface area (Å²) in [7, 11) is 3.10. The first kappa shape index (κ1) is 22.4. The van der Waals surface area contributed by atoms with Crippen molar-refractivity contribution in [3.8, 4) is 11.5 Å². The molecule has 0 saturated heterocycles. The van der Waals surface area contributed by atoms with Crippen molar-refractivity contribution >= 4 is 34.7 Å². The third-order valence-corrected chi connectivity index (χ3v) is 5.64. The van der Waals surface area contributed by atoms with Crippen LogP contribution in [0.1, 0.15) is 11.1 Å². The van der Waals surface area contributed by atoms with Crippen molar-refractivity contribution in [1.29, 1.82) is 0 Å². The molecule has 0 saturated carbocycles. The molecule has 0 aliphatic carbocycles. The SMILES string of the molecule is COc1cc(NC2=C(c3ccc(Cl)cc3)C(=O)N(CCc3ccccc3)C2=O)cc(OC)c1. The van der Waals surface area contributed by atoms with Crippen LogP contribution in [0.25, 0.3) is 5.57 Å². The lowest BCUT2D eigenvalue weighted by molar-refractivity contribution is -0.136. The fraction of sp³-hybridized carbons (Fsp3) is 0.154. The van der Waals surface area contributed by atoms with Crippen molar-refractivity contribution in [1.82, 2.24) is 4.90 Å². The quantitative estimate of drug-likeness (QED) is 0.487. The smallest absolute Gasteiger partial charge is 0.278 e. The van der Waals surface area contributed by atoms with Gasteiger partial charge in [-0.15, -0.1) is 0 Å². The number of rotatable bonds is 8. The Labute approximate surface area is 197 Å². The number of ether oxygens (including phenoxy) is 2. The summed E-state index contributed by atoms with van der Waals surface area (Å²) in [4.78, 5) is 28.1. The van der Waals surface area contributed by atoms with Crippen molar-refractivity contribution in [3.05, 3.63) is 94.6 Å². The van der Waals surface area contributed by atoms with Gasteiger partial charge in [0.2, 0.25) is 0 Å². The summed E-state index contributed by atoms with van der Waals surface area (Å²) in [5, 5.41) is 3.68. The molecule has 33 heavy (non-hydrogen) atoms. The average molecular weight is 463 g/mol. The molecule has 7 heteroatoms. The van der Waals surface area contributed by atoms with Crippen molar-refractivity contribution < 1.29 is 19.1 Å². The second-order valence-electron chi connectivity index (χ2n) is 7.48. The molecule has 6 nitrogen and oxygen atoms in total. The summed E-state index contributed by atoms with van der Waals surface area (Å²) in [5.41, 5.74) is 2.72. The Bertz CT molecular complexity index is 1180. The van der Waals surface area contributed by atoms with E-state index in [9.17, 15) is 9.59 Å². The zero-order valence-electron chi connectivity index (χ0n) is 18.3. The Balaban J connectivity index is 1.70. The molecule has 0 atom stereocenters. The second-order valence-corrected chi connectivity index (χ2v) is 7.92. The molecule has 1 N–H and O–H groups in total. The molecule has 1 aliphatic rings. The van der Waals surface area contributed by atoms with E-state index in [0.29, 0.717) is 39.8 Å². The van der Waals surface area contributed by atoms with Crippen molar-refractivity contribution in [3.63, 3.8) is 0 Å². The highest BCUT2D eigenvalue weighted by Gasteiger charge is 2.39. The summed E-state index contributed by atoms with van der Waals surface area (Å²) in [6, 6.07) is 21.8. The van der Waals surface area contributed by atoms with E-state index in [-0.39, 0.29) is 24.1 Å². The molecular weight excluding hydrogens is 440 g/mol. The van der Waals surface area contributed by atoms with Crippen LogP contribution in [0.4, 0.5) is 5.69 Å². The van der Waals surface area contributed by atoms with Gasteiger partial charge in [-0.2, -0.15) is 0 Å². The van der Waals surface area contributed by atoms with Gasteiger partial charge in [0, 0.05) is 35.5 Å². The van der Waals surface area contributed by atoms with Crippen molar-refractivity contribution in [2.45, 2.75) is 6.42 Å². The number of amides is 2. The number of imide groups is 1. The van der Waals surface area contributed by atoms with Crippen LogP contribution in [-0.2, 0) is 16.0 Å². The van der Waals surface area contributed by atoms with Crippen molar-refractivity contribution in [2.75, 3.05) is 26.1 Å². The predicted molar refractivity (Wildman–Crippen MR) is 128 cm³/mol. The lowest BCUT2D eigenvalue weighted by Gasteiger charge is -2.15. The normalized spacial score (nSPS) is 13.5. The van der Waals surface area contributed by atoms with Crippen molar-refractivity contribution in [2.24, 2.45) is 0 Å².